The van der Waals surface area contributed by atoms with E-state index in [4.69, 9.17) is 14.2 Å². The molecule has 0 heterocycles. The van der Waals surface area contributed by atoms with Crippen molar-refractivity contribution in [3.63, 3.8) is 0 Å². The highest BCUT2D eigenvalue weighted by Gasteiger charge is 2.38. The van der Waals surface area contributed by atoms with Crippen molar-refractivity contribution in [3.05, 3.63) is 108 Å². The van der Waals surface area contributed by atoms with Crippen LogP contribution < -0.4 is 0 Å². The Labute approximate surface area is 206 Å². The lowest BCUT2D eigenvalue weighted by Gasteiger charge is -2.34. The van der Waals surface area contributed by atoms with E-state index in [0.29, 0.717) is 6.61 Å². The zero-order chi connectivity index (χ0) is 24.9. The molecule has 7 nitrogen and oxygen atoms in total. The summed E-state index contributed by atoms with van der Waals surface area (Å²) in [5.41, 5.74) is 2.71. The fraction of sp³-hybridized carbons (Fsp3) is 0.357. The number of aliphatic hydroxyl groups excluding tert-OH is 4. The van der Waals surface area contributed by atoms with Gasteiger partial charge >= 0.3 is 0 Å². The van der Waals surface area contributed by atoms with E-state index >= 15 is 0 Å². The fourth-order valence-corrected chi connectivity index (χ4v) is 3.59. The molecule has 5 atom stereocenters. The molecule has 0 fully saturated rings. The van der Waals surface area contributed by atoms with Crippen LogP contribution in [0.25, 0.3) is 0 Å². The molecule has 4 N–H and O–H groups in total. The third kappa shape index (κ3) is 8.83. The molecule has 7 heteroatoms. The largest absolute Gasteiger partial charge is 0.394 e. The molecule has 0 aliphatic heterocycles. The summed E-state index contributed by atoms with van der Waals surface area (Å²) >= 11 is 0. The Hall–Kier alpha value is -2.62. The molecule has 3 aromatic carbocycles. The van der Waals surface area contributed by atoms with Crippen molar-refractivity contribution in [2.24, 2.45) is 0 Å². The lowest BCUT2D eigenvalue weighted by Crippen LogP contribution is -2.53. The Morgan fingerprint density at radius 2 is 1.03 bits per heavy atom. The lowest BCUT2D eigenvalue weighted by molar-refractivity contribution is -0.186. The maximum Gasteiger partial charge on any atom is 0.115 e. The van der Waals surface area contributed by atoms with E-state index in [1.165, 1.54) is 0 Å². The molecule has 0 saturated carbocycles. The first-order valence-electron chi connectivity index (χ1n) is 11.7. The van der Waals surface area contributed by atoms with Gasteiger partial charge in [-0.3, -0.25) is 0 Å². The standard InChI is InChI=1S/C28H34O7/c29-16-24(30)26(31)28(35-19-23-14-8-3-9-15-23)27(32)25(34-18-22-12-6-2-7-13-22)20-33-17-21-10-4-1-5-11-21/h1-15,24-32H,16-20H2/t24-,25+,26-,27+,28+/m1/s1. The van der Waals surface area contributed by atoms with Crippen molar-refractivity contribution in [3.8, 4) is 0 Å². The van der Waals surface area contributed by atoms with E-state index in [-0.39, 0.29) is 19.8 Å². The minimum atomic E-state index is -1.55. The van der Waals surface area contributed by atoms with Gasteiger partial charge in [-0.1, -0.05) is 91.0 Å². The maximum atomic E-state index is 11.3. The SMILES string of the molecule is OC[C@@H](O)[C@@H](O)[C@H](OCc1ccccc1)[C@@H](O)[C@H](COCc1ccccc1)OCc1ccccc1. The molecule has 0 radical (unpaired) electrons. The van der Waals surface area contributed by atoms with Gasteiger partial charge in [-0.15, -0.1) is 0 Å². The first kappa shape index (κ1) is 27.0. The van der Waals surface area contributed by atoms with Crippen molar-refractivity contribution >= 4 is 0 Å². The second kappa shape index (κ2) is 14.7. The number of hydrogen-bond donors (Lipinski definition) is 4. The van der Waals surface area contributed by atoms with E-state index in [9.17, 15) is 20.4 Å². The second-order valence-electron chi connectivity index (χ2n) is 8.33. The molecule has 3 aromatic rings. The van der Waals surface area contributed by atoms with E-state index in [0.717, 1.165) is 16.7 Å². The fourth-order valence-electron chi connectivity index (χ4n) is 3.59. The van der Waals surface area contributed by atoms with Gasteiger partial charge in [-0.25, -0.2) is 0 Å². The van der Waals surface area contributed by atoms with Crippen LogP contribution in [0.15, 0.2) is 91.0 Å². The van der Waals surface area contributed by atoms with Gasteiger partial charge in [0.15, 0.2) is 0 Å². The Balaban J connectivity index is 1.73. The van der Waals surface area contributed by atoms with Gasteiger partial charge in [-0.05, 0) is 16.7 Å². The summed E-state index contributed by atoms with van der Waals surface area (Å²) in [6.45, 7) is -0.0410. The zero-order valence-corrected chi connectivity index (χ0v) is 19.6. The molecule has 0 saturated heterocycles. The van der Waals surface area contributed by atoms with Crippen LogP contribution in [-0.2, 0) is 34.0 Å². The van der Waals surface area contributed by atoms with E-state index in [1.54, 1.807) is 0 Å². The summed E-state index contributed by atoms with van der Waals surface area (Å²) in [4.78, 5) is 0. The van der Waals surface area contributed by atoms with E-state index < -0.39 is 37.1 Å². The highest BCUT2D eigenvalue weighted by molar-refractivity contribution is 5.15. The van der Waals surface area contributed by atoms with Gasteiger partial charge in [0.05, 0.1) is 33.0 Å². The number of benzene rings is 3. The summed E-state index contributed by atoms with van der Waals surface area (Å²) in [6.07, 6.45) is -6.51. The van der Waals surface area contributed by atoms with Gasteiger partial charge < -0.3 is 34.6 Å². The van der Waals surface area contributed by atoms with E-state index in [2.05, 4.69) is 0 Å². The first-order valence-corrected chi connectivity index (χ1v) is 11.7. The molecule has 0 bridgehead atoms. The zero-order valence-electron chi connectivity index (χ0n) is 19.6. The van der Waals surface area contributed by atoms with Crippen LogP contribution in [0.5, 0.6) is 0 Å². The quantitative estimate of drug-likeness (QED) is 0.264. The number of rotatable bonds is 15. The molecule has 188 valence electrons. The van der Waals surface area contributed by atoms with Crippen LogP contribution in [-0.4, -0.2) is 64.2 Å². The second-order valence-corrected chi connectivity index (χ2v) is 8.33. The summed E-state index contributed by atoms with van der Waals surface area (Å²) in [5, 5.41) is 41.4. The minimum Gasteiger partial charge on any atom is -0.394 e. The van der Waals surface area contributed by atoms with Gasteiger partial charge in [0, 0.05) is 0 Å². The number of hydrogen-bond acceptors (Lipinski definition) is 7. The normalized spacial score (nSPS) is 15.8. The molecule has 0 spiro atoms. The molecular formula is C28H34O7. The molecule has 0 aliphatic carbocycles. The highest BCUT2D eigenvalue weighted by atomic mass is 16.6. The molecule has 0 aliphatic rings. The summed E-state index contributed by atoms with van der Waals surface area (Å²) in [6, 6.07) is 28.4. The molecule has 0 unspecified atom stereocenters. The molecular weight excluding hydrogens is 448 g/mol. The first-order chi connectivity index (χ1) is 17.1. The van der Waals surface area contributed by atoms with Gasteiger partial charge in [-0.2, -0.15) is 0 Å². The van der Waals surface area contributed by atoms with Gasteiger partial charge in [0.2, 0.25) is 0 Å². The van der Waals surface area contributed by atoms with Crippen molar-refractivity contribution in [2.45, 2.75) is 50.3 Å². The Morgan fingerprint density at radius 3 is 1.51 bits per heavy atom. The van der Waals surface area contributed by atoms with Crippen LogP contribution in [0.2, 0.25) is 0 Å². The van der Waals surface area contributed by atoms with E-state index in [1.807, 2.05) is 91.0 Å². The Morgan fingerprint density at radius 1 is 0.571 bits per heavy atom. The predicted molar refractivity (Wildman–Crippen MR) is 131 cm³/mol. The topological polar surface area (TPSA) is 109 Å². The Bertz CT molecular complexity index is 939. The highest BCUT2D eigenvalue weighted by Crippen LogP contribution is 2.19. The summed E-state index contributed by atoms with van der Waals surface area (Å²) < 4.78 is 17.7. The minimum absolute atomic E-state index is 0.0238. The lowest BCUT2D eigenvalue weighted by atomic mass is 9.99. The predicted octanol–water partition coefficient (Wildman–Crippen LogP) is 2.45. The maximum absolute atomic E-state index is 11.3. The van der Waals surface area contributed by atoms with Gasteiger partial charge in [0.25, 0.3) is 0 Å². The monoisotopic (exact) mass is 482 g/mol. The van der Waals surface area contributed by atoms with Crippen LogP contribution in [0, 0.1) is 0 Å². The Kier molecular flexibility index (Phi) is 11.3. The molecule has 0 amide bonds. The summed E-state index contributed by atoms with van der Waals surface area (Å²) in [5.74, 6) is 0. The van der Waals surface area contributed by atoms with Crippen molar-refractivity contribution < 1.29 is 34.6 Å². The smallest absolute Gasteiger partial charge is 0.115 e. The third-order valence-electron chi connectivity index (χ3n) is 5.62. The van der Waals surface area contributed by atoms with Crippen LogP contribution in [0.3, 0.4) is 0 Å². The van der Waals surface area contributed by atoms with Crippen LogP contribution in [0.1, 0.15) is 16.7 Å². The average molecular weight is 483 g/mol. The molecule has 0 aromatic heterocycles. The van der Waals surface area contributed by atoms with Crippen molar-refractivity contribution in [1.82, 2.24) is 0 Å². The number of ether oxygens (including phenoxy) is 3. The molecule has 35 heavy (non-hydrogen) atoms. The third-order valence-corrected chi connectivity index (χ3v) is 5.62. The van der Waals surface area contributed by atoms with Crippen LogP contribution >= 0.6 is 0 Å². The van der Waals surface area contributed by atoms with Gasteiger partial charge in [0.1, 0.15) is 30.5 Å². The van der Waals surface area contributed by atoms with Crippen molar-refractivity contribution in [2.75, 3.05) is 13.2 Å². The average Bonchev–Trinajstić information content (AvgIpc) is 2.91. The van der Waals surface area contributed by atoms with Crippen LogP contribution in [0.4, 0.5) is 0 Å². The number of aliphatic hydroxyl groups is 4. The molecule has 3 rings (SSSR count). The van der Waals surface area contributed by atoms with Crippen molar-refractivity contribution in [1.29, 1.82) is 0 Å². The summed E-state index contributed by atoms with van der Waals surface area (Å²) in [7, 11) is 0.